The summed E-state index contributed by atoms with van der Waals surface area (Å²) < 4.78 is 16.7. The summed E-state index contributed by atoms with van der Waals surface area (Å²) in [5.74, 6) is 0.985. The first kappa shape index (κ1) is 18.4. The van der Waals surface area contributed by atoms with E-state index in [-0.39, 0.29) is 24.6 Å². The Morgan fingerprint density at radius 3 is 2.69 bits per heavy atom. The highest BCUT2D eigenvalue weighted by molar-refractivity contribution is 5.82. The van der Waals surface area contributed by atoms with Gasteiger partial charge in [0.1, 0.15) is 12.2 Å². The van der Waals surface area contributed by atoms with Crippen LogP contribution in [0.5, 0.6) is 11.5 Å². The Hall–Kier alpha value is -2.44. The van der Waals surface area contributed by atoms with Gasteiger partial charge in [0.25, 0.3) is 5.91 Å². The van der Waals surface area contributed by atoms with E-state index in [9.17, 15) is 9.59 Å². The van der Waals surface area contributed by atoms with Crippen molar-refractivity contribution in [2.75, 3.05) is 19.7 Å². The molecule has 26 heavy (non-hydrogen) atoms. The molecule has 0 radical (unpaired) electrons. The minimum absolute atomic E-state index is 0.121. The minimum atomic E-state index is -0.693. The topological polar surface area (TPSA) is 77.1 Å². The fourth-order valence-electron chi connectivity index (χ4n) is 3.03. The Morgan fingerprint density at radius 1 is 1.23 bits per heavy atom. The summed E-state index contributed by atoms with van der Waals surface area (Å²) >= 11 is 0. The number of para-hydroxylation sites is 2. The molecule has 0 unspecified atom stereocenters. The molecule has 2 atom stereocenters. The van der Waals surface area contributed by atoms with Gasteiger partial charge in [-0.2, -0.15) is 0 Å². The minimum Gasteiger partial charge on any atom is -0.485 e. The van der Waals surface area contributed by atoms with E-state index in [2.05, 4.69) is 5.32 Å². The summed E-state index contributed by atoms with van der Waals surface area (Å²) in [6.07, 6.45) is 0.592. The van der Waals surface area contributed by atoms with Crippen molar-refractivity contribution in [2.24, 2.45) is 0 Å². The number of benzene rings is 1. The van der Waals surface area contributed by atoms with Gasteiger partial charge in [0.15, 0.2) is 11.5 Å². The normalized spacial score (nSPS) is 22.5. The maximum absolute atomic E-state index is 12.5. The first-order valence-corrected chi connectivity index (χ1v) is 8.98. The van der Waals surface area contributed by atoms with Gasteiger partial charge in [0.2, 0.25) is 6.10 Å². The maximum atomic E-state index is 12.5. The van der Waals surface area contributed by atoms with Gasteiger partial charge in [-0.25, -0.2) is 4.79 Å². The van der Waals surface area contributed by atoms with Gasteiger partial charge in [0.05, 0.1) is 0 Å². The largest absolute Gasteiger partial charge is 0.485 e. The molecule has 1 aromatic rings. The molecule has 2 amide bonds. The van der Waals surface area contributed by atoms with Crippen molar-refractivity contribution in [1.29, 1.82) is 0 Å². The van der Waals surface area contributed by atoms with Crippen LogP contribution in [0.1, 0.15) is 33.6 Å². The summed E-state index contributed by atoms with van der Waals surface area (Å²) in [6.45, 7) is 6.76. The molecule has 2 aliphatic rings. The number of nitrogens with one attached hydrogen (secondary N) is 1. The van der Waals surface area contributed by atoms with E-state index in [1.165, 1.54) is 0 Å². The van der Waals surface area contributed by atoms with E-state index in [4.69, 9.17) is 14.2 Å². The van der Waals surface area contributed by atoms with Crippen LogP contribution in [0, 0.1) is 0 Å². The Morgan fingerprint density at radius 2 is 1.96 bits per heavy atom. The molecule has 1 aromatic carbocycles. The zero-order valence-electron chi connectivity index (χ0n) is 15.5. The van der Waals surface area contributed by atoms with Crippen molar-refractivity contribution in [1.82, 2.24) is 10.2 Å². The number of nitrogens with zero attached hydrogens (tertiary/aromatic N) is 1. The molecule has 1 fully saturated rings. The number of piperidine rings is 1. The number of carbonyl (C=O) groups is 2. The molecule has 3 rings (SSSR count). The van der Waals surface area contributed by atoms with E-state index in [0.29, 0.717) is 24.6 Å². The van der Waals surface area contributed by atoms with Gasteiger partial charge in [0, 0.05) is 19.1 Å². The summed E-state index contributed by atoms with van der Waals surface area (Å²) in [7, 11) is 0. The first-order valence-electron chi connectivity index (χ1n) is 8.98. The van der Waals surface area contributed by atoms with Gasteiger partial charge < -0.3 is 24.4 Å². The lowest BCUT2D eigenvalue weighted by atomic mass is 10.1. The predicted molar refractivity (Wildman–Crippen MR) is 95.3 cm³/mol. The summed E-state index contributed by atoms with van der Waals surface area (Å²) in [5.41, 5.74) is -0.534. The second-order valence-corrected chi connectivity index (χ2v) is 7.64. The van der Waals surface area contributed by atoms with Crippen molar-refractivity contribution in [3.8, 4) is 11.5 Å². The molecule has 0 bridgehead atoms. The van der Waals surface area contributed by atoms with Crippen molar-refractivity contribution in [2.45, 2.75) is 51.4 Å². The highest BCUT2D eigenvalue weighted by Gasteiger charge is 2.32. The number of likely N-dealkylation sites (tertiary alicyclic amines) is 1. The van der Waals surface area contributed by atoms with E-state index >= 15 is 0 Å². The Kier molecular flexibility index (Phi) is 5.25. The van der Waals surface area contributed by atoms with Gasteiger partial charge in [-0.3, -0.25) is 4.79 Å². The molecular formula is C19H26N2O5. The summed E-state index contributed by atoms with van der Waals surface area (Å²) in [6, 6.07) is 7.16. The van der Waals surface area contributed by atoms with Crippen LogP contribution in [0.2, 0.25) is 0 Å². The highest BCUT2D eigenvalue weighted by atomic mass is 16.6. The molecule has 0 aromatic heterocycles. The van der Waals surface area contributed by atoms with Crippen molar-refractivity contribution in [3.63, 3.8) is 0 Å². The van der Waals surface area contributed by atoms with E-state index in [0.717, 1.165) is 12.8 Å². The molecule has 7 nitrogen and oxygen atoms in total. The lowest BCUT2D eigenvalue weighted by molar-refractivity contribution is -0.131. The maximum Gasteiger partial charge on any atom is 0.410 e. The monoisotopic (exact) mass is 362 g/mol. The van der Waals surface area contributed by atoms with Crippen LogP contribution in [0.15, 0.2) is 24.3 Å². The average Bonchev–Trinajstić information content (AvgIpc) is 2.60. The SMILES string of the molecule is CC(C)(C)OC(=O)N1CCC[C@H](NC(=O)[C@@H]2COc3ccccc3O2)C1. The smallest absolute Gasteiger partial charge is 0.410 e. The van der Waals surface area contributed by atoms with Crippen LogP contribution < -0.4 is 14.8 Å². The summed E-state index contributed by atoms with van der Waals surface area (Å²) in [4.78, 5) is 26.4. The Bertz CT molecular complexity index is 670. The van der Waals surface area contributed by atoms with E-state index in [1.54, 1.807) is 11.0 Å². The number of fused-ring (bicyclic) bond motifs is 1. The zero-order valence-corrected chi connectivity index (χ0v) is 15.5. The lowest BCUT2D eigenvalue weighted by Gasteiger charge is -2.35. The molecule has 142 valence electrons. The number of hydrogen-bond donors (Lipinski definition) is 1. The molecule has 1 N–H and O–H groups in total. The van der Waals surface area contributed by atoms with Crippen molar-refractivity contribution in [3.05, 3.63) is 24.3 Å². The van der Waals surface area contributed by atoms with Gasteiger partial charge >= 0.3 is 6.09 Å². The predicted octanol–water partition coefficient (Wildman–Crippen LogP) is 2.34. The standard InChI is InChI=1S/C19H26N2O5/c1-19(2,3)26-18(23)21-10-6-7-13(11-21)20-17(22)16-12-24-14-8-4-5-9-15(14)25-16/h4-5,8-9,13,16H,6-7,10-12H2,1-3H3,(H,20,22)/t13-,16-/m0/s1. The average molecular weight is 362 g/mol. The van der Waals surface area contributed by atoms with Crippen LogP contribution in [0.3, 0.4) is 0 Å². The molecule has 0 aliphatic carbocycles. The van der Waals surface area contributed by atoms with Crippen LogP contribution in [-0.2, 0) is 9.53 Å². The molecule has 2 heterocycles. The van der Waals surface area contributed by atoms with Crippen molar-refractivity contribution >= 4 is 12.0 Å². The fourth-order valence-corrected chi connectivity index (χ4v) is 3.03. The Labute approximate surface area is 153 Å². The third kappa shape index (κ3) is 4.59. The third-order valence-electron chi connectivity index (χ3n) is 4.22. The molecule has 1 saturated heterocycles. The van der Waals surface area contributed by atoms with Crippen LogP contribution in [0.25, 0.3) is 0 Å². The zero-order chi connectivity index (χ0) is 18.7. The number of rotatable bonds is 2. The highest BCUT2D eigenvalue weighted by Crippen LogP contribution is 2.31. The number of amides is 2. The summed E-state index contributed by atoms with van der Waals surface area (Å²) in [5, 5.41) is 2.97. The van der Waals surface area contributed by atoms with Crippen LogP contribution in [-0.4, -0.2) is 54.3 Å². The number of hydrogen-bond acceptors (Lipinski definition) is 5. The quantitative estimate of drug-likeness (QED) is 0.874. The van der Waals surface area contributed by atoms with Gasteiger partial charge in [-0.15, -0.1) is 0 Å². The molecule has 7 heteroatoms. The van der Waals surface area contributed by atoms with E-state index < -0.39 is 11.7 Å². The molecular weight excluding hydrogens is 336 g/mol. The van der Waals surface area contributed by atoms with Crippen molar-refractivity contribution < 1.29 is 23.8 Å². The Balaban J connectivity index is 1.54. The van der Waals surface area contributed by atoms with Gasteiger partial charge in [-0.05, 0) is 45.7 Å². The fraction of sp³-hybridized carbons (Fsp3) is 0.579. The lowest BCUT2D eigenvalue weighted by Crippen LogP contribution is -2.54. The van der Waals surface area contributed by atoms with Crippen LogP contribution in [0.4, 0.5) is 4.79 Å². The number of ether oxygens (including phenoxy) is 3. The second kappa shape index (κ2) is 7.43. The molecule has 0 spiro atoms. The van der Waals surface area contributed by atoms with E-state index in [1.807, 2.05) is 39.0 Å². The first-order chi connectivity index (χ1) is 12.3. The van der Waals surface area contributed by atoms with Gasteiger partial charge in [-0.1, -0.05) is 12.1 Å². The molecule has 2 aliphatic heterocycles. The number of carbonyl (C=O) groups excluding carboxylic acids is 2. The second-order valence-electron chi connectivity index (χ2n) is 7.64. The van der Waals surface area contributed by atoms with Crippen LogP contribution >= 0.6 is 0 Å². The third-order valence-corrected chi connectivity index (χ3v) is 4.22. The molecule has 0 saturated carbocycles.